The van der Waals surface area contributed by atoms with Gasteiger partial charge in [0.05, 0.1) is 18.3 Å². The Morgan fingerprint density at radius 2 is 1.82 bits per heavy atom. The predicted molar refractivity (Wildman–Crippen MR) is 108 cm³/mol. The van der Waals surface area contributed by atoms with Gasteiger partial charge in [-0.15, -0.1) is 0 Å². The van der Waals surface area contributed by atoms with Gasteiger partial charge in [0.25, 0.3) is 0 Å². The average molecular weight is 373 g/mol. The molecule has 142 valence electrons. The van der Waals surface area contributed by atoms with Crippen molar-refractivity contribution in [2.75, 3.05) is 13.7 Å². The van der Waals surface area contributed by atoms with E-state index in [4.69, 9.17) is 4.74 Å². The van der Waals surface area contributed by atoms with Gasteiger partial charge in [0.2, 0.25) is 0 Å². The molecule has 0 unspecified atom stereocenters. The maximum Gasteiger partial charge on any atom is 0.318 e. The first-order chi connectivity index (χ1) is 13.7. The molecule has 2 atom stereocenters. The number of para-hydroxylation sites is 1. The van der Waals surface area contributed by atoms with Crippen LogP contribution in [0.5, 0.6) is 5.75 Å². The number of nitrogens with one attached hydrogen (secondary N) is 1. The molecule has 0 saturated carbocycles. The number of benzene rings is 2. The lowest BCUT2D eigenvalue weighted by atomic mass is 10.00. The van der Waals surface area contributed by atoms with Crippen LogP contribution in [0.2, 0.25) is 0 Å². The van der Waals surface area contributed by atoms with Crippen molar-refractivity contribution in [1.82, 2.24) is 15.2 Å². The van der Waals surface area contributed by atoms with Gasteiger partial charge in [-0.3, -0.25) is 4.98 Å². The van der Waals surface area contributed by atoms with Crippen LogP contribution in [-0.4, -0.2) is 29.6 Å². The predicted octanol–water partition coefficient (Wildman–Crippen LogP) is 4.34. The molecule has 2 aromatic carbocycles. The summed E-state index contributed by atoms with van der Waals surface area (Å²) >= 11 is 0. The third-order valence-corrected chi connectivity index (χ3v) is 5.05. The Labute approximate surface area is 165 Å². The zero-order chi connectivity index (χ0) is 19.3. The van der Waals surface area contributed by atoms with Crippen LogP contribution >= 0.6 is 0 Å². The summed E-state index contributed by atoms with van der Waals surface area (Å²) in [5.74, 6) is 0.839. The molecule has 1 N–H and O–H groups in total. The van der Waals surface area contributed by atoms with Crippen molar-refractivity contribution < 1.29 is 9.53 Å². The molecule has 0 fully saturated rings. The molecule has 4 rings (SSSR count). The van der Waals surface area contributed by atoms with E-state index in [9.17, 15) is 4.79 Å². The van der Waals surface area contributed by atoms with Crippen LogP contribution in [0.25, 0.3) is 0 Å². The molecule has 5 heteroatoms. The second-order valence-electron chi connectivity index (χ2n) is 6.86. The van der Waals surface area contributed by atoms with E-state index in [1.807, 2.05) is 79.8 Å². The van der Waals surface area contributed by atoms with Crippen LogP contribution in [0, 0.1) is 0 Å². The van der Waals surface area contributed by atoms with E-state index >= 15 is 0 Å². The largest absolute Gasteiger partial charge is 0.493 e. The Kier molecular flexibility index (Phi) is 5.24. The molecule has 0 aliphatic carbocycles. The second-order valence-corrected chi connectivity index (χ2v) is 6.86. The third kappa shape index (κ3) is 3.69. The summed E-state index contributed by atoms with van der Waals surface area (Å²) in [6.07, 6.45) is 2.50. The molecule has 0 spiro atoms. The molecule has 1 aliphatic rings. The number of carbonyl (C=O) groups is 1. The number of amides is 2. The van der Waals surface area contributed by atoms with E-state index in [1.54, 1.807) is 11.1 Å². The zero-order valence-corrected chi connectivity index (χ0v) is 15.8. The van der Waals surface area contributed by atoms with Crippen molar-refractivity contribution in [2.45, 2.75) is 18.5 Å². The molecule has 3 aromatic rings. The minimum absolute atomic E-state index is 0.0694. The first-order valence-electron chi connectivity index (χ1n) is 9.45. The fourth-order valence-electron chi connectivity index (χ4n) is 3.63. The number of aromatic nitrogens is 1. The standard InChI is InChI=1S/C23H23N3O2/c1-26(22(17-9-3-2-4-10-17)20-12-7-8-15-24-20)23(27)25-19-14-16-28-21-13-6-5-11-18(19)21/h2-13,15,19,22H,14,16H2,1H3,(H,25,27)/t19-,22+/m1/s1. The smallest absolute Gasteiger partial charge is 0.318 e. The summed E-state index contributed by atoms with van der Waals surface area (Å²) in [6.45, 7) is 0.591. The fourth-order valence-corrected chi connectivity index (χ4v) is 3.63. The fraction of sp³-hybridized carbons (Fsp3) is 0.217. The van der Waals surface area contributed by atoms with E-state index in [-0.39, 0.29) is 18.1 Å². The number of rotatable bonds is 4. The third-order valence-electron chi connectivity index (χ3n) is 5.05. The van der Waals surface area contributed by atoms with Crippen molar-refractivity contribution in [3.8, 4) is 5.75 Å². The van der Waals surface area contributed by atoms with Crippen molar-refractivity contribution in [3.63, 3.8) is 0 Å². The maximum absolute atomic E-state index is 13.2. The quantitative estimate of drug-likeness (QED) is 0.740. The summed E-state index contributed by atoms with van der Waals surface area (Å²) in [6, 6.07) is 23.1. The van der Waals surface area contributed by atoms with Gasteiger partial charge in [0.15, 0.2) is 0 Å². The number of carbonyl (C=O) groups excluding carboxylic acids is 1. The van der Waals surface area contributed by atoms with E-state index < -0.39 is 0 Å². The number of hydrogen-bond donors (Lipinski definition) is 1. The highest BCUT2D eigenvalue weighted by Crippen LogP contribution is 2.32. The lowest BCUT2D eigenvalue weighted by Gasteiger charge is -2.32. The first-order valence-corrected chi connectivity index (χ1v) is 9.45. The van der Waals surface area contributed by atoms with Crippen molar-refractivity contribution in [2.24, 2.45) is 0 Å². The first kappa shape index (κ1) is 18.0. The van der Waals surface area contributed by atoms with E-state index in [1.165, 1.54) is 0 Å². The number of urea groups is 1. The van der Waals surface area contributed by atoms with Gasteiger partial charge in [-0.1, -0.05) is 54.6 Å². The maximum atomic E-state index is 13.2. The zero-order valence-electron chi connectivity index (χ0n) is 15.8. The van der Waals surface area contributed by atoms with E-state index in [2.05, 4.69) is 10.3 Å². The van der Waals surface area contributed by atoms with E-state index in [0.29, 0.717) is 6.61 Å². The van der Waals surface area contributed by atoms with Crippen LogP contribution in [0.4, 0.5) is 4.79 Å². The number of pyridine rings is 1. The number of fused-ring (bicyclic) bond motifs is 1. The second kappa shape index (κ2) is 8.13. The van der Waals surface area contributed by atoms with Crippen LogP contribution in [0.1, 0.15) is 35.3 Å². The van der Waals surface area contributed by atoms with Gasteiger partial charge in [-0.2, -0.15) is 0 Å². The topological polar surface area (TPSA) is 54.5 Å². The lowest BCUT2D eigenvalue weighted by Crippen LogP contribution is -2.43. The molecule has 0 saturated heterocycles. The van der Waals surface area contributed by atoms with Crippen LogP contribution in [0.15, 0.2) is 79.0 Å². The molecule has 1 aliphatic heterocycles. The SMILES string of the molecule is CN(C(=O)N[C@@H]1CCOc2ccccc21)[C@@H](c1ccccc1)c1ccccn1. The number of hydrogen-bond acceptors (Lipinski definition) is 3. The molecule has 0 radical (unpaired) electrons. The van der Waals surface area contributed by atoms with Gasteiger partial charge >= 0.3 is 6.03 Å². The summed E-state index contributed by atoms with van der Waals surface area (Å²) in [5.41, 5.74) is 2.87. The van der Waals surface area contributed by atoms with Gasteiger partial charge in [-0.05, 0) is 23.8 Å². The highest BCUT2D eigenvalue weighted by molar-refractivity contribution is 5.75. The van der Waals surface area contributed by atoms with Crippen LogP contribution in [0.3, 0.4) is 0 Å². The number of nitrogens with zero attached hydrogens (tertiary/aromatic N) is 2. The number of ether oxygens (including phenoxy) is 1. The summed E-state index contributed by atoms with van der Waals surface area (Å²) in [4.78, 5) is 19.4. The van der Waals surface area contributed by atoms with Gasteiger partial charge in [0.1, 0.15) is 11.8 Å². The molecule has 2 heterocycles. The van der Waals surface area contributed by atoms with Crippen molar-refractivity contribution >= 4 is 6.03 Å². The highest BCUT2D eigenvalue weighted by Gasteiger charge is 2.28. The highest BCUT2D eigenvalue weighted by atomic mass is 16.5. The van der Waals surface area contributed by atoms with Gasteiger partial charge in [-0.25, -0.2) is 4.79 Å². The Hall–Kier alpha value is -3.34. The average Bonchev–Trinajstić information content (AvgIpc) is 2.75. The molecule has 2 amide bonds. The van der Waals surface area contributed by atoms with Crippen molar-refractivity contribution in [1.29, 1.82) is 0 Å². The Bertz CT molecular complexity index is 891. The molecule has 1 aromatic heterocycles. The molecule has 28 heavy (non-hydrogen) atoms. The minimum Gasteiger partial charge on any atom is -0.493 e. The Balaban J connectivity index is 1.59. The summed E-state index contributed by atoms with van der Waals surface area (Å²) < 4.78 is 5.71. The van der Waals surface area contributed by atoms with E-state index in [0.717, 1.165) is 29.0 Å². The molecule has 5 nitrogen and oxygen atoms in total. The van der Waals surface area contributed by atoms with Gasteiger partial charge < -0.3 is 15.0 Å². The molecular formula is C23H23N3O2. The van der Waals surface area contributed by atoms with Crippen LogP contribution in [-0.2, 0) is 0 Å². The molecule has 0 bridgehead atoms. The summed E-state index contributed by atoms with van der Waals surface area (Å²) in [7, 11) is 1.81. The summed E-state index contributed by atoms with van der Waals surface area (Å²) in [5, 5.41) is 3.17. The van der Waals surface area contributed by atoms with Gasteiger partial charge in [0, 0.05) is 25.2 Å². The Morgan fingerprint density at radius 1 is 1.07 bits per heavy atom. The minimum atomic E-state index is -0.266. The Morgan fingerprint density at radius 3 is 2.61 bits per heavy atom. The lowest BCUT2D eigenvalue weighted by molar-refractivity contribution is 0.186. The van der Waals surface area contributed by atoms with Crippen molar-refractivity contribution in [3.05, 3.63) is 95.8 Å². The monoisotopic (exact) mass is 373 g/mol. The van der Waals surface area contributed by atoms with Crippen LogP contribution < -0.4 is 10.1 Å². The molecular weight excluding hydrogens is 350 g/mol. The normalized spacial score (nSPS) is 16.4.